The van der Waals surface area contributed by atoms with E-state index >= 15 is 0 Å². The van der Waals surface area contributed by atoms with Crippen molar-refractivity contribution in [3.63, 3.8) is 0 Å². The molecule has 3 aromatic heterocycles. The first-order chi connectivity index (χ1) is 23.6. The number of H-pyrrole nitrogens is 1. The van der Waals surface area contributed by atoms with Crippen LogP contribution in [0.25, 0.3) is 22.2 Å². The number of aromatic nitrogens is 3. The van der Waals surface area contributed by atoms with E-state index < -0.39 is 0 Å². The van der Waals surface area contributed by atoms with Crippen LogP contribution in [0.15, 0.2) is 90.0 Å². The van der Waals surface area contributed by atoms with Crippen LogP contribution in [0.2, 0.25) is 0 Å². The molecule has 252 valence electrons. The van der Waals surface area contributed by atoms with Gasteiger partial charge in [0.25, 0.3) is 5.56 Å². The molecular formula is C41H46N6O2. The van der Waals surface area contributed by atoms with E-state index in [0.29, 0.717) is 24.4 Å². The lowest BCUT2D eigenvalue weighted by Gasteiger charge is -2.27. The summed E-state index contributed by atoms with van der Waals surface area (Å²) in [6.45, 7) is 12.4. The fourth-order valence-corrected chi connectivity index (χ4v) is 5.83. The Morgan fingerprint density at radius 2 is 1.65 bits per heavy atom. The third-order valence-corrected chi connectivity index (χ3v) is 8.48. The van der Waals surface area contributed by atoms with Crippen LogP contribution in [0.4, 0.5) is 16.2 Å². The maximum Gasteiger partial charge on any atom is 0.326 e. The third kappa shape index (κ3) is 8.81. The molecule has 0 bridgehead atoms. The summed E-state index contributed by atoms with van der Waals surface area (Å²) in [6.07, 6.45) is 5.08. The predicted octanol–water partition coefficient (Wildman–Crippen LogP) is 8.55. The number of unbranched alkanes of at least 4 members (excludes halogenated alkanes) is 1. The molecule has 0 radical (unpaired) electrons. The summed E-state index contributed by atoms with van der Waals surface area (Å²) in [5.41, 5.74) is 7.43. The first kappa shape index (κ1) is 35.1. The van der Waals surface area contributed by atoms with Crippen molar-refractivity contribution in [3.8, 4) is 23.0 Å². The number of anilines is 2. The first-order valence-corrected chi connectivity index (χ1v) is 17.1. The minimum Gasteiger partial charge on any atom is -0.307 e. The number of amides is 2. The molecule has 0 aliphatic heterocycles. The van der Waals surface area contributed by atoms with Gasteiger partial charge in [0.2, 0.25) is 0 Å². The molecule has 0 unspecified atom stereocenters. The van der Waals surface area contributed by atoms with Gasteiger partial charge in [-0.3, -0.25) is 19.6 Å². The van der Waals surface area contributed by atoms with Crippen LogP contribution >= 0.6 is 0 Å². The lowest BCUT2D eigenvalue weighted by atomic mass is 9.88. The van der Waals surface area contributed by atoms with Crippen molar-refractivity contribution >= 4 is 28.4 Å². The maximum absolute atomic E-state index is 14.1. The number of rotatable bonds is 11. The highest BCUT2D eigenvalue weighted by Crippen LogP contribution is 2.38. The number of carbonyl (C=O) groups is 1. The van der Waals surface area contributed by atoms with Crippen molar-refractivity contribution in [1.29, 1.82) is 0 Å². The normalized spacial score (nSPS) is 11.2. The number of fused-ring (bicyclic) bond motifs is 1. The Bertz CT molecular complexity index is 1990. The highest BCUT2D eigenvalue weighted by molar-refractivity contribution is 6.03. The van der Waals surface area contributed by atoms with Gasteiger partial charge >= 0.3 is 6.03 Å². The average molecular weight is 655 g/mol. The Labute approximate surface area is 289 Å². The number of benzene rings is 2. The summed E-state index contributed by atoms with van der Waals surface area (Å²) < 4.78 is 0. The van der Waals surface area contributed by atoms with Crippen molar-refractivity contribution in [2.75, 3.05) is 30.4 Å². The van der Waals surface area contributed by atoms with Gasteiger partial charge in [-0.05, 0) is 102 Å². The number of hydrogen-bond donors (Lipinski definition) is 2. The summed E-state index contributed by atoms with van der Waals surface area (Å²) in [7, 11) is 2.04. The maximum atomic E-state index is 14.1. The number of aromatic amines is 1. The van der Waals surface area contributed by atoms with Gasteiger partial charge in [-0.15, -0.1) is 0 Å². The first-order valence-electron chi connectivity index (χ1n) is 17.1. The van der Waals surface area contributed by atoms with Crippen LogP contribution in [0, 0.1) is 11.8 Å². The second-order valence-corrected chi connectivity index (χ2v) is 13.1. The van der Waals surface area contributed by atoms with E-state index in [2.05, 4.69) is 95.9 Å². The summed E-state index contributed by atoms with van der Waals surface area (Å²) in [4.78, 5) is 42.6. The van der Waals surface area contributed by atoms with Gasteiger partial charge in [0.05, 0.1) is 12.2 Å². The molecule has 0 saturated heterocycles. The van der Waals surface area contributed by atoms with Crippen LogP contribution in [0.1, 0.15) is 81.7 Å². The largest absolute Gasteiger partial charge is 0.326 e. The second-order valence-electron chi connectivity index (χ2n) is 13.1. The van der Waals surface area contributed by atoms with E-state index in [1.807, 2.05) is 55.7 Å². The van der Waals surface area contributed by atoms with E-state index in [1.54, 1.807) is 17.2 Å². The lowest BCUT2D eigenvalue weighted by molar-refractivity contribution is 0.256. The summed E-state index contributed by atoms with van der Waals surface area (Å²) >= 11 is 0. The summed E-state index contributed by atoms with van der Waals surface area (Å²) in [5.74, 6) is 6.91. The van der Waals surface area contributed by atoms with Crippen molar-refractivity contribution < 1.29 is 4.79 Å². The zero-order valence-corrected chi connectivity index (χ0v) is 29.4. The van der Waals surface area contributed by atoms with Crippen LogP contribution < -0.4 is 15.8 Å². The van der Waals surface area contributed by atoms with Crippen molar-refractivity contribution in [2.45, 2.75) is 65.8 Å². The summed E-state index contributed by atoms with van der Waals surface area (Å²) in [6, 6.07) is 23.7. The molecule has 2 N–H and O–H groups in total. The number of nitrogens with one attached hydrogen (secondary N) is 2. The molecule has 0 fully saturated rings. The van der Waals surface area contributed by atoms with E-state index in [1.165, 1.54) is 0 Å². The van der Waals surface area contributed by atoms with Crippen LogP contribution in [-0.4, -0.2) is 46.0 Å². The smallest absolute Gasteiger partial charge is 0.307 e. The Morgan fingerprint density at radius 3 is 2.35 bits per heavy atom. The minimum absolute atomic E-state index is 0.129. The number of carbonyl (C=O) groups excluding carboxylic acids is 1. The fourth-order valence-electron chi connectivity index (χ4n) is 5.83. The van der Waals surface area contributed by atoms with Gasteiger partial charge in [0.1, 0.15) is 11.3 Å². The van der Waals surface area contributed by atoms with Gasteiger partial charge in [0, 0.05) is 42.1 Å². The molecule has 0 aliphatic carbocycles. The molecule has 5 rings (SSSR count). The lowest BCUT2D eigenvalue weighted by Crippen LogP contribution is -2.39. The van der Waals surface area contributed by atoms with Crippen molar-refractivity contribution in [1.82, 2.24) is 19.9 Å². The Kier molecular flexibility index (Phi) is 11.6. The molecule has 2 amide bonds. The molecule has 0 atom stereocenters. The predicted molar refractivity (Wildman–Crippen MR) is 201 cm³/mol. The second kappa shape index (κ2) is 16.2. The molecule has 8 nitrogen and oxygen atoms in total. The molecule has 3 heterocycles. The van der Waals surface area contributed by atoms with E-state index in [-0.39, 0.29) is 23.4 Å². The minimum atomic E-state index is -0.344. The van der Waals surface area contributed by atoms with Crippen molar-refractivity contribution in [2.24, 2.45) is 0 Å². The molecule has 8 heteroatoms. The Hall–Kier alpha value is -5.26. The Morgan fingerprint density at radius 1 is 0.898 bits per heavy atom. The number of urea groups is 1. The zero-order valence-electron chi connectivity index (χ0n) is 29.4. The van der Waals surface area contributed by atoms with E-state index in [0.717, 1.165) is 64.0 Å². The standard InChI is InChI=1S/C41H46N6O2/c1-7-8-22-47(37-26-32-17-12-20-43-39(32)45-40(37)48)41(49)44-38-35(28(2)3)24-33(25-36(38)29(4)5)31-16-11-14-30(23-31)15-13-21-46(6)27-34-18-9-10-19-42-34/h9-12,14,16-20,23-26,28-29H,7-8,21-22,27H2,1-6H3,(H,44,49)(H,43,45,48). The molecule has 0 spiro atoms. The van der Waals surface area contributed by atoms with Gasteiger partial charge < -0.3 is 10.3 Å². The molecule has 2 aromatic carbocycles. The molecule has 0 saturated carbocycles. The zero-order chi connectivity index (χ0) is 34.9. The van der Waals surface area contributed by atoms with Gasteiger partial charge in [-0.25, -0.2) is 9.78 Å². The fraction of sp³-hybridized carbons (Fsp3) is 0.317. The highest BCUT2D eigenvalue weighted by Gasteiger charge is 2.24. The summed E-state index contributed by atoms with van der Waals surface area (Å²) in [5, 5.41) is 4.03. The van der Waals surface area contributed by atoms with Crippen LogP contribution in [0.5, 0.6) is 0 Å². The van der Waals surface area contributed by atoms with Gasteiger partial charge in [-0.2, -0.15) is 0 Å². The Balaban J connectivity index is 1.44. The molecule has 49 heavy (non-hydrogen) atoms. The van der Waals surface area contributed by atoms with E-state index in [9.17, 15) is 9.59 Å². The topological polar surface area (TPSA) is 94.2 Å². The molecule has 5 aromatic rings. The monoisotopic (exact) mass is 654 g/mol. The quantitative estimate of drug-likeness (QED) is 0.139. The highest BCUT2D eigenvalue weighted by atomic mass is 16.2. The SMILES string of the molecule is CCCCN(C(=O)Nc1c(C(C)C)cc(-c2cccc(C#CCN(C)Cc3ccccn3)c2)cc1C(C)C)c1cc2cccnc2[nH]c1=O. The van der Waals surface area contributed by atoms with Crippen molar-refractivity contribution in [3.05, 3.63) is 118 Å². The van der Waals surface area contributed by atoms with E-state index in [4.69, 9.17) is 0 Å². The molecular weight excluding hydrogens is 608 g/mol. The number of pyridine rings is 3. The molecule has 0 aliphatic rings. The van der Waals surface area contributed by atoms with Gasteiger partial charge in [0.15, 0.2) is 0 Å². The number of hydrogen-bond acceptors (Lipinski definition) is 5. The number of nitrogens with zero attached hydrogens (tertiary/aromatic N) is 4. The van der Waals surface area contributed by atoms with Crippen LogP contribution in [-0.2, 0) is 6.54 Å². The average Bonchev–Trinajstić information content (AvgIpc) is 3.09. The van der Waals surface area contributed by atoms with Gasteiger partial charge in [-0.1, -0.05) is 71.1 Å². The third-order valence-electron chi connectivity index (χ3n) is 8.48. The van der Waals surface area contributed by atoms with Crippen LogP contribution in [0.3, 0.4) is 0 Å².